The molecule has 3 rings (SSSR count). The molecule has 1 N–H and O–H groups in total. The second-order valence-electron chi connectivity index (χ2n) is 6.73. The van der Waals surface area contributed by atoms with Gasteiger partial charge in [0.2, 0.25) is 5.91 Å². The summed E-state index contributed by atoms with van der Waals surface area (Å²) in [7, 11) is 0. The molecule has 0 unspecified atom stereocenters. The van der Waals surface area contributed by atoms with Gasteiger partial charge in [-0.1, -0.05) is 78.9 Å². The van der Waals surface area contributed by atoms with Crippen LogP contribution >= 0.6 is 0 Å². The van der Waals surface area contributed by atoms with E-state index in [2.05, 4.69) is 11.9 Å². The highest BCUT2D eigenvalue weighted by molar-refractivity contribution is 5.84. The zero-order valence-electron chi connectivity index (χ0n) is 16.1. The lowest BCUT2D eigenvalue weighted by Gasteiger charge is -2.25. The second-order valence-corrected chi connectivity index (χ2v) is 6.73. The first-order valence-corrected chi connectivity index (χ1v) is 9.52. The molecular formula is C25H24FNO2. The van der Waals surface area contributed by atoms with Crippen molar-refractivity contribution in [3.05, 3.63) is 120 Å². The molecule has 148 valence electrons. The Hall–Kier alpha value is -3.24. The van der Waals surface area contributed by atoms with E-state index >= 15 is 0 Å². The summed E-state index contributed by atoms with van der Waals surface area (Å²) in [5, 5.41) is 2.94. The average Bonchev–Trinajstić information content (AvgIpc) is 2.76. The first kappa shape index (κ1) is 20.5. The number of carbonyl (C=O) groups excluding carboxylic acids is 1. The summed E-state index contributed by atoms with van der Waals surface area (Å²) in [6, 6.07) is 25.4. The van der Waals surface area contributed by atoms with E-state index in [-0.39, 0.29) is 5.91 Å². The highest BCUT2D eigenvalue weighted by Crippen LogP contribution is 2.25. The molecule has 0 bridgehead atoms. The minimum atomic E-state index is -0.712. The highest BCUT2D eigenvalue weighted by atomic mass is 19.1. The van der Waals surface area contributed by atoms with E-state index in [9.17, 15) is 9.18 Å². The third kappa shape index (κ3) is 5.87. The summed E-state index contributed by atoms with van der Waals surface area (Å²) >= 11 is 0. The molecule has 4 heteroatoms. The molecule has 3 nitrogen and oxygen atoms in total. The van der Waals surface area contributed by atoms with Gasteiger partial charge >= 0.3 is 0 Å². The Morgan fingerprint density at radius 2 is 1.62 bits per heavy atom. The van der Waals surface area contributed by atoms with Crippen LogP contribution in [-0.4, -0.2) is 12.0 Å². The topological polar surface area (TPSA) is 38.3 Å². The second kappa shape index (κ2) is 10.3. The summed E-state index contributed by atoms with van der Waals surface area (Å²) in [6.45, 7) is 4.56. The minimum absolute atomic E-state index is 0.239. The fraction of sp³-hybridized carbons (Fsp3) is 0.160. The van der Waals surface area contributed by atoms with E-state index in [4.69, 9.17) is 4.74 Å². The zero-order valence-corrected chi connectivity index (χ0v) is 16.1. The number of ether oxygens (including phenoxy) is 1. The molecule has 0 radical (unpaired) electrons. The van der Waals surface area contributed by atoms with E-state index in [1.54, 1.807) is 18.2 Å². The van der Waals surface area contributed by atoms with Crippen molar-refractivity contribution in [1.29, 1.82) is 0 Å². The van der Waals surface area contributed by atoms with Gasteiger partial charge < -0.3 is 10.1 Å². The molecule has 0 aromatic heterocycles. The summed E-state index contributed by atoms with van der Waals surface area (Å²) in [5.41, 5.74) is 2.52. The van der Waals surface area contributed by atoms with Gasteiger partial charge in [0, 0.05) is 6.54 Å². The molecule has 3 aromatic rings. The molecule has 1 amide bonds. The minimum Gasteiger partial charge on any atom is -0.368 e. The molecule has 2 atom stereocenters. The first-order chi connectivity index (χ1) is 14.2. The fourth-order valence-corrected chi connectivity index (χ4v) is 3.15. The Labute approximate surface area is 170 Å². The van der Waals surface area contributed by atoms with Crippen molar-refractivity contribution in [2.45, 2.75) is 25.2 Å². The van der Waals surface area contributed by atoms with E-state index in [0.29, 0.717) is 18.7 Å². The largest absolute Gasteiger partial charge is 0.368 e. The van der Waals surface area contributed by atoms with Crippen LogP contribution in [0.2, 0.25) is 0 Å². The Balaban J connectivity index is 1.79. The predicted molar refractivity (Wildman–Crippen MR) is 113 cm³/mol. The fourth-order valence-electron chi connectivity index (χ4n) is 3.15. The molecule has 29 heavy (non-hydrogen) atoms. The summed E-state index contributed by atoms with van der Waals surface area (Å²) in [4.78, 5) is 13.1. The molecule has 0 fully saturated rings. The number of hydrogen-bond donors (Lipinski definition) is 1. The third-order valence-electron chi connectivity index (χ3n) is 4.65. The van der Waals surface area contributed by atoms with E-state index < -0.39 is 17.8 Å². The SMILES string of the molecule is C=C[C@H](OCc1ccccc1)[C@H](C(=O)NCc1ccccc1)c1cccc(F)c1. The van der Waals surface area contributed by atoms with Gasteiger partial charge in [-0.05, 0) is 28.8 Å². The van der Waals surface area contributed by atoms with Crippen LogP contribution in [0.3, 0.4) is 0 Å². The standard InChI is InChI=1S/C25H24FNO2/c1-2-23(29-18-20-12-7-4-8-13-20)24(21-14-9-15-22(26)16-21)25(28)27-17-19-10-5-3-6-11-19/h2-16,23-24H,1,17-18H2,(H,27,28)/t23-,24+/m0/s1. The van der Waals surface area contributed by atoms with Crippen LogP contribution in [0.5, 0.6) is 0 Å². The van der Waals surface area contributed by atoms with Gasteiger partial charge in [0.1, 0.15) is 5.82 Å². The lowest BCUT2D eigenvalue weighted by molar-refractivity contribution is -0.125. The van der Waals surface area contributed by atoms with Crippen LogP contribution in [0.25, 0.3) is 0 Å². The molecule has 0 aliphatic heterocycles. The molecule has 3 aromatic carbocycles. The molecule has 0 spiro atoms. The smallest absolute Gasteiger partial charge is 0.230 e. The van der Waals surface area contributed by atoms with Gasteiger partial charge in [0.05, 0.1) is 18.6 Å². The molecule has 0 heterocycles. The van der Waals surface area contributed by atoms with Crippen LogP contribution in [-0.2, 0) is 22.7 Å². The van der Waals surface area contributed by atoms with Gasteiger partial charge in [-0.3, -0.25) is 4.79 Å². The van der Waals surface area contributed by atoms with E-state index in [1.165, 1.54) is 12.1 Å². The number of carbonyl (C=O) groups is 1. The normalized spacial score (nSPS) is 12.7. The number of nitrogens with one attached hydrogen (secondary N) is 1. The quantitative estimate of drug-likeness (QED) is 0.523. The number of hydrogen-bond acceptors (Lipinski definition) is 2. The molecule has 0 saturated heterocycles. The lowest BCUT2D eigenvalue weighted by atomic mass is 9.92. The number of amides is 1. The number of rotatable bonds is 9. The van der Waals surface area contributed by atoms with Crippen molar-refractivity contribution < 1.29 is 13.9 Å². The maximum atomic E-state index is 13.9. The summed E-state index contributed by atoms with van der Waals surface area (Å²) < 4.78 is 19.9. The summed E-state index contributed by atoms with van der Waals surface area (Å²) in [6.07, 6.45) is 0.994. The number of benzene rings is 3. The van der Waals surface area contributed by atoms with Crippen molar-refractivity contribution in [3.8, 4) is 0 Å². The Morgan fingerprint density at radius 3 is 2.24 bits per heavy atom. The van der Waals surface area contributed by atoms with Gasteiger partial charge in [0.25, 0.3) is 0 Å². The van der Waals surface area contributed by atoms with Crippen LogP contribution < -0.4 is 5.32 Å². The van der Waals surface area contributed by atoms with Crippen molar-refractivity contribution in [2.75, 3.05) is 0 Å². The zero-order chi connectivity index (χ0) is 20.5. The summed E-state index contributed by atoms with van der Waals surface area (Å²) in [5.74, 6) is -1.35. The maximum Gasteiger partial charge on any atom is 0.230 e. The van der Waals surface area contributed by atoms with E-state index in [1.807, 2.05) is 60.7 Å². The van der Waals surface area contributed by atoms with Crippen LogP contribution in [0.4, 0.5) is 4.39 Å². The monoisotopic (exact) mass is 389 g/mol. The Morgan fingerprint density at radius 1 is 0.966 bits per heavy atom. The van der Waals surface area contributed by atoms with Gasteiger partial charge in [-0.25, -0.2) is 4.39 Å². The lowest BCUT2D eigenvalue weighted by Crippen LogP contribution is -2.36. The maximum absolute atomic E-state index is 13.9. The van der Waals surface area contributed by atoms with Crippen molar-refractivity contribution in [2.24, 2.45) is 0 Å². The van der Waals surface area contributed by atoms with Gasteiger partial charge in [0.15, 0.2) is 0 Å². The first-order valence-electron chi connectivity index (χ1n) is 9.52. The average molecular weight is 389 g/mol. The predicted octanol–water partition coefficient (Wildman–Crippen LogP) is 5.00. The van der Waals surface area contributed by atoms with Crippen molar-refractivity contribution in [1.82, 2.24) is 5.32 Å². The van der Waals surface area contributed by atoms with E-state index in [0.717, 1.165) is 11.1 Å². The van der Waals surface area contributed by atoms with Gasteiger partial charge in [-0.2, -0.15) is 0 Å². The highest BCUT2D eigenvalue weighted by Gasteiger charge is 2.29. The molecule has 0 aliphatic rings. The van der Waals surface area contributed by atoms with Crippen LogP contribution in [0, 0.1) is 5.82 Å². The third-order valence-corrected chi connectivity index (χ3v) is 4.65. The van der Waals surface area contributed by atoms with Gasteiger partial charge in [-0.15, -0.1) is 6.58 Å². The number of halogens is 1. The Kier molecular flexibility index (Phi) is 7.31. The Bertz CT molecular complexity index is 928. The van der Waals surface area contributed by atoms with Crippen LogP contribution in [0.15, 0.2) is 97.6 Å². The van der Waals surface area contributed by atoms with Crippen molar-refractivity contribution >= 4 is 5.91 Å². The van der Waals surface area contributed by atoms with Crippen molar-refractivity contribution in [3.63, 3.8) is 0 Å². The molecule has 0 aliphatic carbocycles. The molecule has 0 saturated carbocycles. The molecular weight excluding hydrogens is 365 g/mol. The van der Waals surface area contributed by atoms with Crippen LogP contribution in [0.1, 0.15) is 22.6 Å².